The molecule has 68 valence electrons. The molecule has 0 aliphatic heterocycles. The lowest BCUT2D eigenvalue weighted by Crippen LogP contribution is -1.96. The van der Waals surface area contributed by atoms with Gasteiger partial charge in [0, 0.05) is 14.0 Å². The van der Waals surface area contributed by atoms with Crippen molar-refractivity contribution in [2.45, 2.75) is 6.61 Å². The highest BCUT2D eigenvalue weighted by molar-refractivity contribution is 9.10. The van der Waals surface area contributed by atoms with E-state index in [9.17, 15) is 0 Å². The Morgan fingerprint density at radius 3 is 3.00 bits per heavy atom. The molecule has 0 aliphatic rings. The smallest absolute Gasteiger partial charge is 0.102 e. The molecule has 0 amide bonds. The Kier molecular flexibility index (Phi) is 2.64. The van der Waals surface area contributed by atoms with Gasteiger partial charge in [0.1, 0.15) is 6.61 Å². The number of hydrogen-bond acceptors (Lipinski definition) is 3. The molecule has 0 spiro atoms. The second kappa shape index (κ2) is 3.75. The van der Waals surface area contributed by atoms with E-state index >= 15 is 0 Å². The third kappa shape index (κ3) is 1.91. The number of benzene rings is 1. The first-order valence-electron chi connectivity index (χ1n) is 3.79. The number of hydrogen-bond donors (Lipinski definition) is 1. The van der Waals surface area contributed by atoms with Crippen molar-refractivity contribution in [3.8, 4) is 0 Å². The molecular weight excluding hydrogens is 250 g/mol. The van der Waals surface area contributed by atoms with Gasteiger partial charge in [-0.25, -0.2) is 5.90 Å². The normalized spacial score (nSPS) is 10.9. The van der Waals surface area contributed by atoms with Crippen LogP contribution in [0.25, 0.3) is 10.1 Å². The number of rotatable bonds is 2. The maximum Gasteiger partial charge on any atom is 0.102 e. The zero-order valence-corrected chi connectivity index (χ0v) is 9.19. The molecule has 0 atom stereocenters. The van der Waals surface area contributed by atoms with Crippen molar-refractivity contribution in [3.05, 3.63) is 33.6 Å². The second-order valence-electron chi connectivity index (χ2n) is 2.71. The van der Waals surface area contributed by atoms with E-state index in [-0.39, 0.29) is 0 Å². The Balaban J connectivity index is 2.49. The Morgan fingerprint density at radius 2 is 2.23 bits per heavy atom. The lowest BCUT2D eigenvalue weighted by Gasteiger charge is -1.88. The molecule has 4 heteroatoms. The fourth-order valence-electron chi connectivity index (χ4n) is 1.22. The highest BCUT2D eigenvalue weighted by Gasteiger charge is 2.01. The van der Waals surface area contributed by atoms with Crippen molar-refractivity contribution in [3.63, 3.8) is 0 Å². The minimum atomic E-state index is 0.483. The fourth-order valence-corrected chi connectivity index (χ4v) is 2.57. The zero-order valence-electron chi connectivity index (χ0n) is 6.79. The van der Waals surface area contributed by atoms with Crippen molar-refractivity contribution in [2.24, 2.45) is 5.90 Å². The standard InChI is InChI=1S/C9H8BrNOS/c10-7-1-2-9-6(3-7)4-8(13-9)5-12-11/h1-4H,5,11H2. The summed E-state index contributed by atoms with van der Waals surface area (Å²) in [5.41, 5.74) is 0. The molecule has 2 N–H and O–H groups in total. The van der Waals surface area contributed by atoms with Crippen molar-refractivity contribution < 1.29 is 4.84 Å². The van der Waals surface area contributed by atoms with Crippen molar-refractivity contribution >= 4 is 37.4 Å². The van der Waals surface area contributed by atoms with Crippen LogP contribution < -0.4 is 5.90 Å². The number of halogens is 1. The van der Waals surface area contributed by atoms with Crippen molar-refractivity contribution in [1.29, 1.82) is 0 Å². The van der Waals surface area contributed by atoms with Gasteiger partial charge < -0.3 is 0 Å². The summed E-state index contributed by atoms with van der Waals surface area (Å²) in [5.74, 6) is 5.01. The molecule has 0 radical (unpaired) electrons. The van der Waals surface area contributed by atoms with E-state index in [2.05, 4.69) is 39.0 Å². The van der Waals surface area contributed by atoms with E-state index in [0.717, 1.165) is 9.35 Å². The Labute approximate surface area is 88.4 Å². The summed E-state index contributed by atoms with van der Waals surface area (Å²) >= 11 is 5.13. The van der Waals surface area contributed by atoms with Crippen LogP contribution in [0.4, 0.5) is 0 Å². The monoisotopic (exact) mass is 257 g/mol. The van der Waals surface area contributed by atoms with Crippen LogP contribution >= 0.6 is 27.3 Å². The molecule has 2 nitrogen and oxygen atoms in total. The summed E-state index contributed by atoms with van der Waals surface area (Å²) in [6.45, 7) is 0.483. The van der Waals surface area contributed by atoms with E-state index in [0.29, 0.717) is 6.61 Å². The fraction of sp³-hybridized carbons (Fsp3) is 0.111. The lowest BCUT2D eigenvalue weighted by molar-refractivity contribution is 0.126. The van der Waals surface area contributed by atoms with E-state index < -0.39 is 0 Å². The second-order valence-corrected chi connectivity index (χ2v) is 4.79. The molecule has 2 rings (SSSR count). The molecular formula is C9H8BrNOS. The quantitative estimate of drug-likeness (QED) is 0.840. The van der Waals surface area contributed by atoms with Crippen LogP contribution in [0.15, 0.2) is 28.7 Å². The lowest BCUT2D eigenvalue weighted by atomic mass is 10.2. The summed E-state index contributed by atoms with van der Waals surface area (Å²) in [5, 5.41) is 1.23. The first kappa shape index (κ1) is 9.15. The third-order valence-electron chi connectivity index (χ3n) is 1.75. The highest BCUT2D eigenvalue weighted by Crippen LogP contribution is 2.28. The Hall–Kier alpha value is -0.420. The maximum absolute atomic E-state index is 5.01. The van der Waals surface area contributed by atoms with Gasteiger partial charge in [-0.05, 0) is 29.7 Å². The van der Waals surface area contributed by atoms with Crippen LogP contribution in [0, 0.1) is 0 Å². The summed E-state index contributed by atoms with van der Waals surface area (Å²) < 4.78 is 2.35. The van der Waals surface area contributed by atoms with Gasteiger partial charge in [-0.1, -0.05) is 15.9 Å². The minimum Gasteiger partial charge on any atom is -0.299 e. The molecule has 1 aromatic heterocycles. The van der Waals surface area contributed by atoms with Crippen LogP contribution in [0.5, 0.6) is 0 Å². The van der Waals surface area contributed by atoms with Crippen LogP contribution in [0.2, 0.25) is 0 Å². The molecule has 0 aliphatic carbocycles. The van der Waals surface area contributed by atoms with Gasteiger partial charge in [0.15, 0.2) is 0 Å². The maximum atomic E-state index is 5.01. The first-order chi connectivity index (χ1) is 6.29. The Morgan fingerprint density at radius 1 is 1.38 bits per heavy atom. The van der Waals surface area contributed by atoms with E-state index in [1.165, 1.54) is 10.1 Å². The van der Waals surface area contributed by atoms with Crippen LogP contribution in [-0.4, -0.2) is 0 Å². The SMILES string of the molecule is NOCc1cc2cc(Br)ccc2s1. The van der Waals surface area contributed by atoms with Crippen LogP contribution in [0.3, 0.4) is 0 Å². The number of fused-ring (bicyclic) bond motifs is 1. The summed E-state index contributed by atoms with van der Waals surface area (Å²) in [7, 11) is 0. The van der Waals surface area contributed by atoms with Gasteiger partial charge in [0.25, 0.3) is 0 Å². The minimum absolute atomic E-state index is 0.483. The van der Waals surface area contributed by atoms with Gasteiger partial charge >= 0.3 is 0 Å². The van der Waals surface area contributed by atoms with Crippen molar-refractivity contribution in [1.82, 2.24) is 0 Å². The van der Waals surface area contributed by atoms with E-state index in [1.807, 2.05) is 6.07 Å². The third-order valence-corrected chi connectivity index (χ3v) is 3.34. The predicted octanol–water partition coefficient (Wildman–Crippen LogP) is 3.05. The average Bonchev–Trinajstić information content (AvgIpc) is 2.46. The highest BCUT2D eigenvalue weighted by atomic mass is 79.9. The van der Waals surface area contributed by atoms with Gasteiger partial charge in [0.2, 0.25) is 0 Å². The first-order valence-corrected chi connectivity index (χ1v) is 5.40. The van der Waals surface area contributed by atoms with E-state index in [1.54, 1.807) is 11.3 Å². The van der Waals surface area contributed by atoms with Crippen LogP contribution in [0.1, 0.15) is 4.88 Å². The van der Waals surface area contributed by atoms with Crippen molar-refractivity contribution in [2.75, 3.05) is 0 Å². The molecule has 0 fully saturated rings. The van der Waals surface area contributed by atoms with Gasteiger partial charge in [-0.15, -0.1) is 11.3 Å². The van der Waals surface area contributed by atoms with Gasteiger partial charge in [-0.2, -0.15) is 0 Å². The number of nitrogens with two attached hydrogens (primary N) is 1. The van der Waals surface area contributed by atoms with Crippen LogP contribution in [-0.2, 0) is 11.4 Å². The largest absolute Gasteiger partial charge is 0.299 e. The topological polar surface area (TPSA) is 35.2 Å². The number of thiophene rings is 1. The molecule has 0 unspecified atom stereocenters. The Bertz CT molecular complexity index is 426. The average molecular weight is 258 g/mol. The molecule has 2 aromatic rings. The molecule has 1 aromatic carbocycles. The summed E-state index contributed by atoms with van der Waals surface area (Å²) in [6.07, 6.45) is 0. The van der Waals surface area contributed by atoms with E-state index in [4.69, 9.17) is 5.90 Å². The molecule has 0 bridgehead atoms. The molecule has 13 heavy (non-hydrogen) atoms. The summed E-state index contributed by atoms with van der Waals surface area (Å²) in [6, 6.07) is 8.31. The van der Waals surface area contributed by atoms with Gasteiger partial charge in [-0.3, -0.25) is 4.84 Å². The molecule has 0 saturated carbocycles. The summed E-state index contributed by atoms with van der Waals surface area (Å²) in [4.78, 5) is 5.74. The molecule has 1 heterocycles. The zero-order chi connectivity index (χ0) is 9.26. The predicted molar refractivity (Wildman–Crippen MR) is 58.5 cm³/mol. The van der Waals surface area contributed by atoms with Gasteiger partial charge in [0.05, 0.1) is 0 Å². The molecule has 0 saturated heterocycles.